The highest BCUT2D eigenvalue weighted by atomic mass is 16.5. The van der Waals surface area contributed by atoms with E-state index >= 15 is 0 Å². The Hall–Kier alpha value is -1.71. The third-order valence-corrected chi connectivity index (χ3v) is 3.29. The van der Waals surface area contributed by atoms with Crippen molar-refractivity contribution in [2.45, 2.75) is 41.2 Å². The zero-order valence-electron chi connectivity index (χ0n) is 13.4. The molecule has 0 spiro atoms. The average Bonchev–Trinajstić information content (AvgIpc) is 2.37. The first-order valence-corrected chi connectivity index (χ1v) is 6.89. The number of nitrogens with one attached hydrogen (secondary N) is 2. The van der Waals surface area contributed by atoms with Gasteiger partial charge in [-0.1, -0.05) is 26.8 Å². The summed E-state index contributed by atoms with van der Waals surface area (Å²) < 4.78 is 5.28. The lowest BCUT2D eigenvalue weighted by Crippen LogP contribution is -2.39. The Balaban J connectivity index is 2.58. The van der Waals surface area contributed by atoms with E-state index in [0.29, 0.717) is 13.1 Å². The van der Waals surface area contributed by atoms with Gasteiger partial charge in [0.25, 0.3) is 0 Å². The van der Waals surface area contributed by atoms with Crippen molar-refractivity contribution in [1.29, 1.82) is 0 Å². The van der Waals surface area contributed by atoms with Gasteiger partial charge in [0.2, 0.25) is 0 Å². The summed E-state index contributed by atoms with van der Waals surface area (Å²) in [5.74, 6) is 0.878. The van der Waals surface area contributed by atoms with Crippen LogP contribution in [0.4, 0.5) is 4.79 Å². The lowest BCUT2D eigenvalue weighted by atomic mass is 9.97. The van der Waals surface area contributed by atoms with E-state index in [1.54, 1.807) is 7.11 Å². The van der Waals surface area contributed by atoms with Crippen LogP contribution in [0.1, 0.15) is 37.5 Å². The van der Waals surface area contributed by atoms with Crippen LogP contribution in [0.25, 0.3) is 0 Å². The Labute approximate surface area is 121 Å². The quantitative estimate of drug-likeness (QED) is 0.889. The highest BCUT2D eigenvalue weighted by Crippen LogP contribution is 2.23. The summed E-state index contributed by atoms with van der Waals surface area (Å²) in [6, 6.07) is 3.80. The number of carbonyl (C=O) groups excluding carboxylic acids is 1. The van der Waals surface area contributed by atoms with E-state index in [4.69, 9.17) is 4.74 Å². The van der Waals surface area contributed by atoms with Crippen molar-refractivity contribution < 1.29 is 9.53 Å². The van der Waals surface area contributed by atoms with Crippen LogP contribution in [0.5, 0.6) is 5.75 Å². The number of ether oxygens (including phenoxy) is 1. The standard InChI is InChI=1S/C16H26N2O2/c1-11-12(2)14(20-6)8-7-13(11)9-17-15(19)18-10-16(3,4)5/h7-8H,9-10H2,1-6H3,(H2,17,18,19). The van der Waals surface area contributed by atoms with Gasteiger partial charge < -0.3 is 15.4 Å². The van der Waals surface area contributed by atoms with E-state index in [2.05, 4.69) is 31.4 Å². The minimum absolute atomic E-state index is 0.0873. The molecule has 0 unspecified atom stereocenters. The lowest BCUT2D eigenvalue weighted by Gasteiger charge is -2.19. The molecule has 20 heavy (non-hydrogen) atoms. The van der Waals surface area contributed by atoms with E-state index < -0.39 is 0 Å². The van der Waals surface area contributed by atoms with Gasteiger partial charge in [0, 0.05) is 13.1 Å². The third kappa shape index (κ3) is 4.76. The second kappa shape index (κ2) is 6.64. The Kier molecular flexibility index (Phi) is 5.43. The van der Waals surface area contributed by atoms with Gasteiger partial charge in [0.15, 0.2) is 0 Å². The Morgan fingerprint density at radius 3 is 2.35 bits per heavy atom. The first kappa shape index (κ1) is 16.3. The molecule has 0 bridgehead atoms. The molecule has 2 N–H and O–H groups in total. The molecule has 0 saturated heterocycles. The fraction of sp³-hybridized carbons (Fsp3) is 0.562. The minimum Gasteiger partial charge on any atom is -0.496 e. The van der Waals surface area contributed by atoms with Crippen LogP contribution in [0, 0.1) is 19.3 Å². The molecular weight excluding hydrogens is 252 g/mol. The molecule has 0 fully saturated rings. The van der Waals surface area contributed by atoms with Crippen LogP contribution >= 0.6 is 0 Å². The molecule has 2 amide bonds. The molecule has 0 radical (unpaired) electrons. The van der Waals surface area contributed by atoms with E-state index in [9.17, 15) is 4.79 Å². The number of rotatable bonds is 4. The molecule has 0 heterocycles. The zero-order valence-corrected chi connectivity index (χ0v) is 13.4. The highest BCUT2D eigenvalue weighted by molar-refractivity contribution is 5.73. The second-order valence-electron chi connectivity index (χ2n) is 6.27. The van der Waals surface area contributed by atoms with Crippen molar-refractivity contribution in [1.82, 2.24) is 10.6 Å². The molecule has 0 aliphatic rings. The van der Waals surface area contributed by atoms with Crippen molar-refractivity contribution in [2.75, 3.05) is 13.7 Å². The van der Waals surface area contributed by atoms with E-state index in [1.165, 1.54) is 0 Å². The molecule has 1 rings (SSSR count). The number of carbonyl (C=O) groups is 1. The van der Waals surface area contributed by atoms with Gasteiger partial charge in [-0.25, -0.2) is 4.79 Å². The molecule has 1 aromatic carbocycles. The molecular formula is C16H26N2O2. The minimum atomic E-state index is -0.132. The molecule has 0 saturated carbocycles. The van der Waals surface area contributed by atoms with Crippen LogP contribution in [0.15, 0.2) is 12.1 Å². The maximum Gasteiger partial charge on any atom is 0.315 e. The average molecular weight is 278 g/mol. The molecule has 4 heteroatoms. The number of hydrogen-bond donors (Lipinski definition) is 2. The fourth-order valence-corrected chi connectivity index (χ4v) is 1.85. The molecule has 112 valence electrons. The van der Waals surface area contributed by atoms with Crippen molar-refractivity contribution in [2.24, 2.45) is 5.41 Å². The summed E-state index contributed by atoms with van der Waals surface area (Å²) in [5, 5.41) is 5.76. The summed E-state index contributed by atoms with van der Waals surface area (Å²) in [4.78, 5) is 11.7. The van der Waals surface area contributed by atoms with Crippen molar-refractivity contribution in [3.05, 3.63) is 28.8 Å². The third-order valence-electron chi connectivity index (χ3n) is 3.29. The Morgan fingerprint density at radius 2 is 1.80 bits per heavy atom. The van der Waals surface area contributed by atoms with Crippen molar-refractivity contribution in [3.63, 3.8) is 0 Å². The van der Waals surface area contributed by atoms with Crippen LogP contribution in [-0.2, 0) is 6.54 Å². The number of amides is 2. The van der Waals surface area contributed by atoms with Crippen LogP contribution in [0.2, 0.25) is 0 Å². The second-order valence-corrected chi connectivity index (χ2v) is 6.27. The van der Waals surface area contributed by atoms with Crippen LogP contribution in [0.3, 0.4) is 0 Å². The summed E-state index contributed by atoms with van der Waals surface area (Å²) in [7, 11) is 1.67. The normalized spacial score (nSPS) is 11.1. The smallest absolute Gasteiger partial charge is 0.315 e. The summed E-state index contributed by atoms with van der Waals surface area (Å²) in [5.41, 5.74) is 3.46. The first-order valence-electron chi connectivity index (χ1n) is 6.89. The van der Waals surface area contributed by atoms with Gasteiger partial charge in [0.05, 0.1) is 7.11 Å². The van der Waals surface area contributed by atoms with E-state index in [-0.39, 0.29) is 11.4 Å². The van der Waals surface area contributed by atoms with E-state index in [0.717, 1.165) is 22.4 Å². The molecule has 0 atom stereocenters. The predicted octanol–water partition coefficient (Wildman–Crippen LogP) is 3.16. The summed E-state index contributed by atoms with van der Waals surface area (Å²) in [6.45, 7) is 11.5. The maximum atomic E-state index is 11.7. The molecule has 0 aromatic heterocycles. The van der Waals surface area contributed by atoms with Gasteiger partial charge >= 0.3 is 6.03 Å². The number of urea groups is 1. The molecule has 1 aromatic rings. The van der Waals surface area contributed by atoms with E-state index in [1.807, 2.05) is 26.0 Å². The van der Waals surface area contributed by atoms with Gasteiger partial charge in [-0.15, -0.1) is 0 Å². The number of hydrogen-bond acceptors (Lipinski definition) is 2. The highest BCUT2D eigenvalue weighted by Gasteiger charge is 2.12. The predicted molar refractivity (Wildman–Crippen MR) is 82.2 cm³/mol. The van der Waals surface area contributed by atoms with Crippen LogP contribution < -0.4 is 15.4 Å². The summed E-state index contributed by atoms with van der Waals surface area (Å²) >= 11 is 0. The fourth-order valence-electron chi connectivity index (χ4n) is 1.85. The SMILES string of the molecule is COc1ccc(CNC(=O)NCC(C)(C)C)c(C)c1C. The van der Waals surface area contributed by atoms with Gasteiger partial charge in [-0.05, 0) is 42.0 Å². The molecule has 0 aliphatic heterocycles. The van der Waals surface area contributed by atoms with Gasteiger partial charge in [-0.3, -0.25) is 0 Å². The van der Waals surface area contributed by atoms with Crippen molar-refractivity contribution in [3.8, 4) is 5.75 Å². The first-order chi connectivity index (χ1) is 9.24. The maximum absolute atomic E-state index is 11.7. The Bertz CT molecular complexity index is 476. The number of methoxy groups -OCH3 is 1. The monoisotopic (exact) mass is 278 g/mol. The van der Waals surface area contributed by atoms with Crippen LogP contribution in [-0.4, -0.2) is 19.7 Å². The summed E-state index contributed by atoms with van der Waals surface area (Å²) in [6.07, 6.45) is 0. The van der Waals surface area contributed by atoms with Gasteiger partial charge in [0.1, 0.15) is 5.75 Å². The lowest BCUT2D eigenvalue weighted by molar-refractivity contribution is 0.235. The molecule has 4 nitrogen and oxygen atoms in total. The number of benzene rings is 1. The van der Waals surface area contributed by atoms with Gasteiger partial charge in [-0.2, -0.15) is 0 Å². The molecule has 0 aliphatic carbocycles. The largest absolute Gasteiger partial charge is 0.496 e. The van der Waals surface area contributed by atoms with Crippen molar-refractivity contribution >= 4 is 6.03 Å². The zero-order chi connectivity index (χ0) is 15.3. The Morgan fingerprint density at radius 1 is 1.15 bits per heavy atom. The topological polar surface area (TPSA) is 50.4 Å².